The molecule has 20 heavy (non-hydrogen) atoms. The average Bonchev–Trinajstić information content (AvgIpc) is 3.06. The summed E-state index contributed by atoms with van der Waals surface area (Å²) in [5, 5.41) is 2.07. The molecule has 0 aliphatic carbocycles. The maximum atomic E-state index is 12.6. The third-order valence-electron chi connectivity index (χ3n) is 3.59. The Morgan fingerprint density at radius 3 is 2.50 bits per heavy atom. The number of hydrogen-bond donors (Lipinski definition) is 0. The van der Waals surface area contributed by atoms with Gasteiger partial charge in [0.05, 0.1) is 4.88 Å². The van der Waals surface area contributed by atoms with Gasteiger partial charge in [-0.2, -0.15) is 0 Å². The maximum Gasteiger partial charge on any atom is 0.203 e. The molecule has 2 aromatic heterocycles. The third kappa shape index (κ3) is 2.32. The molecule has 0 fully saturated rings. The molecule has 3 heteroatoms. The van der Waals surface area contributed by atoms with Crippen LogP contribution in [0.5, 0.6) is 0 Å². The highest BCUT2D eigenvalue weighted by Gasteiger charge is 2.14. The van der Waals surface area contributed by atoms with Crippen LogP contribution in [-0.4, -0.2) is 5.78 Å². The molecule has 0 atom stereocenters. The lowest BCUT2D eigenvalue weighted by atomic mass is 9.98. The maximum absolute atomic E-state index is 12.6. The first-order valence-electron chi connectivity index (χ1n) is 6.86. The number of aryl methyl sites for hydroxylation is 2. The molecule has 0 aliphatic rings. The minimum Gasteiger partial charge on any atom is -0.288 e. The molecule has 0 N–H and O–H groups in total. The molecule has 0 unspecified atom stereocenters. The summed E-state index contributed by atoms with van der Waals surface area (Å²) in [6.07, 6.45) is 2.00. The molecule has 2 heterocycles. The summed E-state index contributed by atoms with van der Waals surface area (Å²) in [6.45, 7) is 4.30. The third-order valence-corrected chi connectivity index (χ3v) is 5.69. The van der Waals surface area contributed by atoms with Crippen LogP contribution in [0, 0.1) is 0 Å². The second-order valence-electron chi connectivity index (χ2n) is 4.78. The van der Waals surface area contributed by atoms with E-state index in [1.807, 2.05) is 12.1 Å². The Bertz CT molecular complexity index is 736. The van der Waals surface area contributed by atoms with Crippen LogP contribution < -0.4 is 0 Å². The van der Waals surface area contributed by atoms with Crippen molar-refractivity contribution in [1.29, 1.82) is 0 Å². The van der Waals surface area contributed by atoms with Gasteiger partial charge in [-0.05, 0) is 47.5 Å². The fraction of sp³-hybridized carbons (Fsp3) is 0.235. The number of carbonyl (C=O) groups is 1. The number of benzene rings is 1. The first-order chi connectivity index (χ1) is 9.72. The average molecular weight is 300 g/mol. The largest absolute Gasteiger partial charge is 0.288 e. The summed E-state index contributed by atoms with van der Waals surface area (Å²) in [5.74, 6) is 0.149. The summed E-state index contributed by atoms with van der Waals surface area (Å²) >= 11 is 3.28. The SMILES string of the molecule is CCc1ccc(C(=O)c2cc3sccc3s2)cc1CC. The van der Waals surface area contributed by atoms with E-state index in [-0.39, 0.29) is 5.78 Å². The number of carbonyl (C=O) groups excluding carboxylic acids is 1. The van der Waals surface area contributed by atoms with Gasteiger partial charge in [-0.15, -0.1) is 22.7 Å². The Labute approximate surface area is 126 Å². The zero-order chi connectivity index (χ0) is 14.1. The van der Waals surface area contributed by atoms with E-state index in [1.54, 1.807) is 22.7 Å². The molecule has 0 bridgehead atoms. The molecule has 3 aromatic rings. The van der Waals surface area contributed by atoms with Crippen LogP contribution >= 0.6 is 22.7 Å². The molecule has 0 radical (unpaired) electrons. The van der Waals surface area contributed by atoms with Gasteiger partial charge in [-0.3, -0.25) is 4.79 Å². The molecular weight excluding hydrogens is 284 g/mol. The van der Waals surface area contributed by atoms with Gasteiger partial charge in [-0.1, -0.05) is 26.0 Å². The van der Waals surface area contributed by atoms with Crippen molar-refractivity contribution in [2.75, 3.05) is 0 Å². The van der Waals surface area contributed by atoms with Gasteiger partial charge in [-0.25, -0.2) is 0 Å². The van der Waals surface area contributed by atoms with Gasteiger partial charge in [0.2, 0.25) is 5.78 Å². The summed E-state index contributed by atoms with van der Waals surface area (Å²) in [4.78, 5) is 13.4. The van der Waals surface area contributed by atoms with Gasteiger partial charge >= 0.3 is 0 Å². The zero-order valence-electron chi connectivity index (χ0n) is 11.6. The first kappa shape index (κ1) is 13.5. The number of rotatable bonds is 4. The highest BCUT2D eigenvalue weighted by Crippen LogP contribution is 2.31. The standard InChI is InChI=1S/C17H16OS2/c1-3-11-5-6-13(9-12(11)4-2)17(18)16-10-15-14(20-16)7-8-19-15/h5-10H,3-4H2,1-2H3. The van der Waals surface area contributed by atoms with Crippen molar-refractivity contribution < 1.29 is 4.79 Å². The van der Waals surface area contributed by atoms with Crippen molar-refractivity contribution in [2.45, 2.75) is 26.7 Å². The van der Waals surface area contributed by atoms with E-state index < -0.39 is 0 Å². The fourth-order valence-corrected chi connectivity index (χ4v) is 4.53. The number of ketones is 1. The highest BCUT2D eigenvalue weighted by atomic mass is 32.1. The molecular formula is C17H16OS2. The van der Waals surface area contributed by atoms with E-state index in [0.29, 0.717) is 0 Å². The van der Waals surface area contributed by atoms with Crippen molar-refractivity contribution in [1.82, 2.24) is 0 Å². The number of hydrogen-bond acceptors (Lipinski definition) is 3. The summed E-state index contributed by atoms with van der Waals surface area (Å²) in [7, 11) is 0. The van der Waals surface area contributed by atoms with E-state index >= 15 is 0 Å². The topological polar surface area (TPSA) is 17.1 Å². The molecule has 3 rings (SSSR count). The van der Waals surface area contributed by atoms with Crippen LogP contribution in [0.4, 0.5) is 0 Å². The monoisotopic (exact) mass is 300 g/mol. The van der Waals surface area contributed by atoms with Crippen LogP contribution in [0.2, 0.25) is 0 Å². The smallest absolute Gasteiger partial charge is 0.203 e. The summed E-state index contributed by atoms with van der Waals surface area (Å²) < 4.78 is 2.42. The second kappa shape index (κ2) is 5.51. The van der Waals surface area contributed by atoms with Crippen molar-refractivity contribution in [2.24, 2.45) is 0 Å². The van der Waals surface area contributed by atoms with Gasteiger partial charge in [0.1, 0.15) is 0 Å². The minimum absolute atomic E-state index is 0.149. The Hall–Kier alpha value is -1.45. The normalized spacial score (nSPS) is 11.1. The molecule has 0 saturated carbocycles. The van der Waals surface area contributed by atoms with Crippen LogP contribution in [0.3, 0.4) is 0 Å². The van der Waals surface area contributed by atoms with E-state index in [1.165, 1.54) is 20.5 Å². The van der Waals surface area contributed by atoms with Gasteiger partial charge < -0.3 is 0 Å². The predicted octanol–water partition coefficient (Wildman–Crippen LogP) is 5.32. The first-order valence-corrected chi connectivity index (χ1v) is 8.56. The quantitative estimate of drug-likeness (QED) is 0.596. The van der Waals surface area contributed by atoms with Crippen molar-refractivity contribution >= 4 is 37.9 Å². The lowest BCUT2D eigenvalue weighted by molar-refractivity contribution is 0.104. The van der Waals surface area contributed by atoms with E-state index in [2.05, 4.69) is 37.4 Å². The number of fused-ring (bicyclic) bond motifs is 1. The molecule has 0 spiro atoms. The van der Waals surface area contributed by atoms with Crippen LogP contribution in [0.1, 0.15) is 40.2 Å². The lowest BCUT2D eigenvalue weighted by Crippen LogP contribution is -2.01. The van der Waals surface area contributed by atoms with Crippen molar-refractivity contribution in [3.05, 3.63) is 57.3 Å². The van der Waals surface area contributed by atoms with Crippen LogP contribution in [0.15, 0.2) is 35.7 Å². The summed E-state index contributed by atoms with van der Waals surface area (Å²) in [5.41, 5.74) is 3.45. The molecule has 0 aliphatic heterocycles. The van der Waals surface area contributed by atoms with Crippen molar-refractivity contribution in [3.8, 4) is 0 Å². The Morgan fingerprint density at radius 1 is 1.00 bits per heavy atom. The molecule has 1 nitrogen and oxygen atoms in total. The number of thiophene rings is 2. The van der Waals surface area contributed by atoms with Gasteiger partial charge in [0.25, 0.3) is 0 Å². The second-order valence-corrected chi connectivity index (χ2v) is 6.81. The summed E-state index contributed by atoms with van der Waals surface area (Å²) in [6, 6.07) is 10.2. The van der Waals surface area contributed by atoms with Crippen molar-refractivity contribution in [3.63, 3.8) is 0 Å². The lowest BCUT2D eigenvalue weighted by Gasteiger charge is -2.07. The molecule has 102 valence electrons. The molecule has 0 saturated heterocycles. The predicted molar refractivity (Wildman–Crippen MR) is 88.3 cm³/mol. The fourth-order valence-electron chi connectivity index (χ4n) is 2.46. The van der Waals surface area contributed by atoms with Gasteiger partial charge in [0.15, 0.2) is 0 Å². The van der Waals surface area contributed by atoms with Gasteiger partial charge in [0, 0.05) is 15.0 Å². The Kier molecular flexibility index (Phi) is 3.72. The van der Waals surface area contributed by atoms with Crippen LogP contribution in [0.25, 0.3) is 9.40 Å². The van der Waals surface area contributed by atoms with E-state index in [4.69, 9.17) is 0 Å². The molecule has 0 amide bonds. The van der Waals surface area contributed by atoms with E-state index in [9.17, 15) is 4.79 Å². The van der Waals surface area contributed by atoms with E-state index in [0.717, 1.165) is 23.3 Å². The minimum atomic E-state index is 0.149. The zero-order valence-corrected chi connectivity index (χ0v) is 13.2. The Morgan fingerprint density at radius 2 is 1.80 bits per heavy atom. The van der Waals surface area contributed by atoms with Crippen LogP contribution in [-0.2, 0) is 12.8 Å². The molecule has 1 aromatic carbocycles. The Balaban J connectivity index is 1.99. The highest BCUT2D eigenvalue weighted by molar-refractivity contribution is 7.28.